The molecule has 3 rings (SSSR count). The van der Waals surface area contributed by atoms with Crippen molar-refractivity contribution in [2.75, 3.05) is 11.9 Å². The van der Waals surface area contributed by atoms with Gasteiger partial charge in [-0.3, -0.25) is 0 Å². The number of nitrogens with two attached hydrogens (primary N) is 1. The van der Waals surface area contributed by atoms with E-state index < -0.39 is 0 Å². The average molecular weight is 258 g/mol. The van der Waals surface area contributed by atoms with Crippen molar-refractivity contribution in [2.24, 2.45) is 11.7 Å². The zero-order chi connectivity index (χ0) is 13.1. The van der Waals surface area contributed by atoms with Crippen LogP contribution in [0.15, 0.2) is 31.0 Å². The number of hydrogen-bond donors (Lipinski definition) is 2. The minimum absolute atomic E-state index is 0.427. The van der Waals surface area contributed by atoms with E-state index in [0.717, 1.165) is 24.5 Å². The molecule has 2 unspecified atom stereocenters. The molecule has 0 aromatic carbocycles. The summed E-state index contributed by atoms with van der Waals surface area (Å²) < 4.78 is 1.68. The van der Waals surface area contributed by atoms with Crippen LogP contribution in [0.2, 0.25) is 0 Å². The molecule has 100 valence electrons. The summed E-state index contributed by atoms with van der Waals surface area (Å²) in [6, 6.07) is 4.38. The maximum atomic E-state index is 5.83. The van der Waals surface area contributed by atoms with Gasteiger partial charge in [-0.15, -0.1) is 0 Å². The Bertz CT molecular complexity index is 524. The molecule has 0 bridgehead atoms. The number of pyridine rings is 1. The largest absolute Gasteiger partial charge is 0.379 e. The topological polar surface area (TPSA) is 81.6 Å². The molecular formula is C13H18N6. The molecule has 6 heteroatoms. The predicted octanol–water partition coefficient (Wildman–Crippen LogP) is 1.20. The Labute approximate surface area is 112 Å². The maximum Gasteiger partial charge on any atom is 0.178 e. The number of nitrogens with one attached hydrogen (secondary N) is 1. The van der Waals surface area contributed by atoms with E-state index in [0.29, 0.717) is 12.0 Å². The highest BCUT2D eigenvalue weighted by atomic mass is 15.3. The van der Waals surface area contributed by atoms with E-state index in [4.69, 9.17) is 5.73 Å². The zero-order valence-corrected chi connectivity index (χ0v) is 10.7. The molecule has 1 fully saturated rings. The second kappa shape index (κ2) is 5.36. The molecule has 2 aromatic heterocycles. The molecule has 0 radical (unpaired) electrons. The van der Waals surface area contributed by atoms with Crippen molar-refractivity contribution in [3.8, 4) is 5.82 Å². The summed E-state index contributed by atoms with van der Waals surface area (Å²) in [5, 5.41) is 7.71. The van der Waals surface area contributed by atoms with Crippen LogP contribution in [0.3, 0.4) is 0 Å². The second-order valence-electron chi connectivity index (χ2n) is 4.89. The first-order valence-electron chi connectivity index (χ1n) is 6.65. The Morgan fingerprint density at radius 1 is 1.42 bits per heavy atom. The van der Waals surface area contributed by atoms with Crippen molar-refractivity contribution in [3.63, 3.8) is 0 Å². The van der Waals surface area contributed by atoms with Gasteiger partial charge >= 0.3 is 0 Å². The van der Waals surface area contributed by atoms with Crippen molar-refractivity contribution in [3.05, 3.63) is 31.0 Å². The van der Waals surface area contributed by atoms with Gasteiger partial charge in [0, 0.05) is 12.2 Å². The van der Waals surface area contributed by atoms with E-state index in [-0.39, 0.29) is 0 Å². The quantitative estimate of drug-likeness (QED) is 0.861. The van der Waals surface area contributed by atoms with Gasteiger partial charge in [0.1, 0.15) is 12.7 Å². The van der Waals surface area contributed by atoms with E-state index in [2.05, 4.69) is 20.4 Å². The van der Waals surface area contributed by atoms with Gasteiger partial charge in [-0.1, -0.05) is 6.42 Å². The van der Waals surface area contributed by atoms with Crippen LogP contribution in [-0.2, 0) is 0 Å². The van der Waals surface area contributed by atoms with Crippen LogP contribution in [0, 0.1) is 5.92 Å². The molecule has 1 saturated carbocycles. The maximum absolute atomic E-state index is 5.83. The molecule has 3 N–H and O–H groups in total. The summed E-state index contributed by atoms with van der Waals surface area (Å²) >= 11 is 0. The number of aromatic nitrogens is 4. The SMILES string of the molecule is NCC1CCCC1Nc1cccnc1-n1cncn1. The van der Waals surface area contributed by atoms with E-state index in [1.807, 2.05) is 12.1 Å². The molecule has 0 spiro atoms. The van der Waals surface area contributed by atoms with Crippen molar-refractivity contribution in [1.29, 1.82) is 0 Å². The summed E-state index contributed by atoms with van der Waals surface area (Å²) in [5.41, 5.74) is 6.81. The van der Waals surface area contributed by atoms with Gasteiger partial charge in [-0.25, -0.2) is 14.6 Å². The second-order valence-corrected chi connectivity index (χ2v) is 4.89. The molecule has 2 heterocycles. The Morgan fingerprint density at radius 3 is 3.16 bits per heavy atom. The van der Waals surface area contributed by atoms with E-state index >= 15 is 0 Å². The summed E-state index contributed by atoms with van der Waals surface area (Å²) in [6.07, 6.45) is 8.52. The van der Waals surface area contributed by atoms with Gasteiger partial charge < -0.3 is 11.1 Å². The molecule has 2 atom stereocenters. The lowest BCUT2D eigenvalue weighted by molar-refractivity contribution is 0.516. The molecule has 6 nitrogen and oxygen atoms in total. The summed E-state index contributed by atoms with van der Waals surface area (Å²) in [4.78, 5) is 8.35. The van der Waals surface area contributed by atoms with Crippen LogP contribution in [0.4, 0.5) is 5.69 Å². The van der Waals surface area contributed by atoms with Crippen LogP contribution >= 0.6 is 0 Å². The molecule has 2 aromatic rings. The number of hydrogen-bond acceptors (Lipinski definition) is 5. The van der Waals surface area contributed by atoms with E-state index in [1.54, 1.807) is 17.2 Å². The van der Waals surface area contributed by atoms with Gasteiger partial charge in [0.05, 0.1) is 5.69 Å². The first-order chi connectivity index (χ1) is 9.38. The summed E-state index contributed by atoms with van der Waals surface area (Å²) in [5.74, 6) is 1.33. The number of rotatable bonds is 4. The Hall–Kier alpha value is -1.95. The smallest absolute Gasteiger partial charge is 0.178 e. The molecule has 0 amide bonds. The van der Waals surface area contributed by atoms with E-state index in [9.17, 15) is 0 Å². The van der Waals surface area contributed by atoms with Crippen LogP contribution < -0.4 is 11.1 Å². The van der Waals surface area contributed by atoms with Gasteiger partial charge in [0.15, 0.2) is 5.82 Å². The predicted molar refractivity (Wildman–Crippen MR) is 73.0 cm³/mol. The molecule has 1 aliphatic carbocycles. The first-order valence-corrected chi connectivity index (χ1v) is 6.65. The van der Waals surface area contributed by atoms with Crippen molar-refractivity contribution in [2.45, 2.75) is 25.3 Å². The standard InChI is InChI=1S/C13H18N6/c14-7-10-3-1-4-11(10)18-12-5-2-6-16-13(12)19-9-15-8-17-19/h2,5-6,8-11,18H,1,3-4,7,14H2. The Morgan fingerprint density at radius 2 is 2.37 bits per heavy atom. The van der Waals surface area contributed by atoms with Gasteiger partial charge in [-0.2, -0.15) is 5.10 Å². The molecule has 19 heavy (non-hydrogen) atoms. The Balaban J connectivity index is 1.85. The monoisotopic (exact) mass is 258 g/mol. The lowest BCUT2D eigenvalue weighted by Crippen LogP contribution is -2.30. The molecule has 0 saturated heterocycles. The van der Waals surface area contributed by atoms with Crippen LogP contribution in [0.1, 0.15) is 19.3 Å². The normalized spacial score (nSPS) is 22.6. The van der Waals surface area contributed by atoms with E-state index in [1.165, 1.54) is 19.2 Å². The third kappa shape index (κ3) is 2.44. The fourth-order valence-electron chi connectivity index (χ4n) is 2.72. The van der Waals surface area contributed by atoms with Gasteiger partial charge in [-0.05, 0) is 37.4 Å². The molecule has 0 aliphatic heterocycles. The highest BCUT2D eigenvalue weighted by Gasteiger charge is 2.26. The summed E-state index contributed by atoms with van der Waals surface area (Å²) in [6.45, 7) is 0.733. The third-order valence-corrected chi connectivity index (χ3v) is 3.73. The number of anilines is 1. The minimum atomic E-state index is 0.427. The fraction of sp³-hybridized carbons (Fsp3) is 0.462. The Kier molecular flexibility index (Phi) is 3.41. The first kappa shape index (κ1) is 12.1. The lowest BCUT2D eigenvalue weighted by atomic mass is 10.0. The van der Waals surface area contributed by atoms with Crippen LogP contribution in [0.5, 0.6) is 0 Å². The lowest BCUT2D eigenvalue weighted by Gasteiger charge is -2.21. The van der Waals surface area contributed by atoms with Crippen LogP contribution in [0.25, 0.3) is 5.82 Å². The van der Waals surface area contributed by atoms with Crippen molar-refractivity contribution < 1.29 is 0 Å². The highest BCUT2D eigenvalue weighted by molar-refractivity contribution is 5.56. The van der Waals surface area contributed by atoms with Crippen LogP contribution in [-0.4, -0.2) is 32.3 Å². The van der Waals surface area contributed by atoms with Crippen molar-refractivity contribution in [1.82, 2.24) is 19.7 Å². The minimum Gasteiger partial charge on any atom is -0.379 e. The summed E-state index contributed by atoms with van der Waals surface area (Å²) in [7, 11) is 0. The van der Waals surface area contributed by atoms with Gasteiger partial charge in [0.2, 0.25) is 0 Å². The fourth-order valence-corrected chi connectivity index (χ4v) is 2.72. The zero-order valence-electron chi connectivity index (χ0n) is 10.7. The van der Waals surface area contributed by atoms with Gasteiger partial charge in [0.25, 0.3) is 0 Å². The molecule has 1 aliphatic rings. The molecular weight excluding hydrogens is 240 g/mol. The highest BCUT2D eigenvalue weighted by Crippen LogP contribution is 2.29. The average Bonchev–Trinajstić information content (AvgIpc) is 3.10. The van der Waals surface area contributed by atoms with Crippen molar-refractivity contribution >= 4 is 5.69 Å². The number of nitrogens with zero attached hydrogens (tertiary/aromatic N) is 4. The third-order valence-electron chi connectivity index (χ3n) is 3.73.